The van der Waals surface area contributed by atoms with Gasteiger partial charge in [-0.1, -0.05) is 13.0 Å². The first kappa shape index (κ1) is 10.2. The molecule has 72 valence electrons. The summed E-state index contributed by atoms with van der Waals surface area (Å²) in [5.74, 6) is 0.389. The minimum absolute atomic E-state index is 0.180. The lowest BCUT2D eigenvalue weighted by Crippen LogP contribution is -2.25. The van der Waals surface area contributed by atoms with Crippen molar-refractivity contribution in [1.82, 2.24) is 4.98 Å². The lowest BCUT2D eigenvalue weighted by molar-refractivity contribution is 0.539. The molecule has 0 spiro atoms. The van der Waals surface area contributed by atoms with Gasteiger partial charge >= 0.3 is 0 Å². The van der Waals surface area contributed by atoms with Gasteiger partial charge in [0.2, 0.25) is 0 Å². The molecule has 0 amide bonds. The Balaban J connectivity index is 2.91. The second-order valence-corrected chi connectivity index (χ2v) is 3.58. The second kappa shape index (κ2) is 4.38. The van der Waals surface area contributed by atoms with E-state index in [1.807, 2.05) is 26.0 Å². The Morgan fingerprint density at radius 3 is 2.62 bits per heavy atom. The van der Waals surface area contributed by atoms with E-state index in [0.29, 0.717) is 5.92 Å². The van der Waals surface area contributed by atoms with Crippen molar-refractivity contribution in [3.05, 3.63) is 29.6 Å². The molecule has 2 atom stereocenters. The molecule has 0 radical (unpaired) electrons. The van der Waals surface area contributed by atoms with E-state index >= 15 is 0 Å². The van der Waals surface area contributed by atoms with Crippen LogP contribution >= 0.6 is 0 Å². The third-order valence-corrected chi connectivity index (χ3v) is 2.36. The van der Waals surface area contributed by atoms with Crippen molar-refractivity contribution in [3.63, 3.8) is 0 Å². The Bertz CT molecular complexity index is 269. The smallest absolute Gasteiger partial charge is 0.0452 e. The Hall–Kier alpha value is -0.890. The van der Waals surface area contributed by atoms with Crippen molar-refractivity contribution in [1.29, 1.82) is 0 Å². The van der Waals surface area contributed by atoms with Crippen LogP contribution in [0.4, 0.5) is 0 Å². The quantitative estimate of drug-likeness (QED) is 0.771. The highest BCUT2D eigenvalue weighted by molar-refractivity contribution is 5.15. The van der Waals surface area contributed by atoms with E-state index < -0.39 is 0 Å². The van der Waals surface area contributed by atoms with Crippen LogP contribution in [-0.4, -0.2) is 11.0 Å². The van der Waals surface area contributed by atoms with Crippen LogP contribution in [0, 0.1) is 6.92 Å². The number of nitrogens with zero attached hydrogens (tertiary/aromatic N) is 1. The maximum absolute atomic E-state index is 5.89. The van der Waals surface area contributed by atoms with Crippen LogP contribution in [0.2, 0.25) is 0 Å². The molecule has 0 aliphatic heterocycles. The van der Waals surface area contributed by atoms with Gasteiger partial charge in [-0.05, 0) is 32.4 Å². The molecule has 0 bridgehead atoms. The summed E-state index contributed by atoms with van der Waals surface area (Å²) in [6.07, 6.45) is 1.05. The van der Waals surface area contributed by atoms with Crippen molar-refractivity contribution < 1.29 is 0 Å². The molecule has 1 aromatic rings. The third-order valence-electron chi connectivity index (χ3n) is 2.36. The number of hydrogen-bond acceptors (Lipinski definition) is 2. The summed E-state index contributed by atoms with van der Waals surface area (Å²) in [4.78, 5) is 4.49. The summed E-state index contributed by atoms with van der Waals surface area (Å²) in [6.45, 7) is 6.20. The molecule has 0 aromatic carbocycles. The first-order valence-electron chi connectivity index (χ1n) is 4.84. The van der Waals surface area contributed by atoms with Crippen LogP contribution in [0.1, 0.15) is 37.6 Å². The predicted octanol–water partition coefficient (Wildman–Crippen LogP) is 2.23. The number of rotatable bonds is 3. The average Bonchev–Trinajstić information content (AvgIpc) is 2.04. The van der Waals surface area contributed by atoms with Gasteiger partial charge in [0.1, 0.15) is 0 Å². The number of aromatic nitrogens is 1. The summed E-state index contributed by atoms with van der Waals surface area (Å²) in [5.41, 5.74) is 8.08. The van der Waals surface area contributed by atoms with Gasteiger partial charge in [-0.15, -0.1) is 0 Å². The Morgan fingerprint density at radius 1 is 1.46 bits per heavy atom. The largest absolute Gasteiger partial charge is 0.327 e. The summed E-state index contributed by atoms with van der Waals surface area (Å²) in [7, 11) is 0. The van der Waals surface area contributed by atoms with Gasteiger partial charge in [-0.3, -0.25) is 4.98 Å². The van der Waals surface area contributed by atoms with E-state index in [-0.39, 0.29) is 6.04 Å². The minimum atomic E-state index is 0.180. The summed E-state index contributed by atoms with van der Waals surface area (Å²) >= 11 is 0. The van der Waals surface area contributed by atoms with Crippen molar-refractivity contribution >= 4 is 0 Å². The maximum Gasteiger partial charge on any atom is 0.0452 e. The molecule has 2 N–H and O–H groups in total. The zero-order valence-electron chi connectivity index (χ0n) is 8.62. The van der Waals surface area contributed by atoms with E-state index in [1.165, 1.54) is 0 Å². The molecule has 1 aromatic heterocycles. The molecule has 0 saturated carbocycles. The predicted molar refractivity (Wildman–Crippen MR) is 55.7 cm³/mol. The molecular weight excluding hydrogens is 160 g/mol. The van der Waals surface area contributed by atoms with Gasteiger partial charge in [0, 0.05) is 23.3 Å². The molecule has 1 heterocycles. The van der Waals surface area contributed by atoms with Crippen molar-refractivity contribution in [2.24, 2.45) is 5.73 Å². The summed E-state index contributed by atoms with van der Waals surface area (Å²) < 4.78 is 0. The highest BCUT2D eigenvalue weighted by atomic mass is 14.7. The van der Waals surface area contributed by atoms with Gasteiger partial charge in [0.25, 0.3) is 0 Å². The number of pyridine rings is 1. The molecule has 13 heavy (non-hydrogen) atoms. The SMILES string of the molecule is CCC(c1cccc(C)n1)C(C)N. The molecule has 2 unspecified atom stereocenters. The second-order valence-electron chi connectivity index (χ2n) is 3.58. The molecule has 0 aliphatic rings. The molecule has 0 fully saturated rings. The molecular formula is C11H18N2. The van der Waals surface area contributed by atoms with Gasteiger partial charge in [-0.25, -0.2) is 0 Å². The fourth-order valence-electron chi connectivity index (χ4n) is 1.62. The standard InChI is InChI=1S/C11H18N2/c1-4-10(9(3)12)11-7-5-6-8(2)13-11/h5-7,9-10H,4,12H2,1-3H3. The van der Waals surface area contributed by atoms with Crippen LogP contribution in [0.25, 0.3) is 0 Å². The zero-order chi connectivity index (χ0) is 9.84. The van der Waals surface area contributed by atoms with E-state index in [2.05, 4.69) is 18.0 Å². The minimum Gasteiger partial charge on any atom is -0.327 e. The Kier molecular flexibility index (Phi) is 3.43. The monoisotopic (exact) mass is 178 g/mol. The number of aryl methyl sites for hydroxylation is 1. The van der Waals surface area contributed by atoms with Crippen molar-refractivity contribution in [3.8, 4) is 0 Å². The average molecular weight is 178 g/mol. The highest BCUT2D eigenvalue weighted by Gasteiger charge is 2.14. The van der Waals surface area contributed by atoms with Gasteiger partial charge in [0.15, 0.2) is 0 Å². The molecule has 0 aliphatic carbocycles. The van der Waals surface area contributed by atoms with E-state index in [4.69, 9.17) is 5.73 Å². The Morgan fingerprint density at radius 2 is 2.15 bits per heavy atom. The topological polar surface area (TPSA) is 38.9 Å². The first-order valence-corrected chi connectivity index (χ1v) is 4.84. The molecule has 0 saturated heterocycles. The zero-order valence-corrected chi connectivity index (χ0v) is 8.62. The highest BCUT2D eigenvalue weighted by Crippen LogP contribution is 2.20. The van der Waals surface area contributed by atoms with Crippen LogP contribution in [0.3, 0.4) is 0 Å². The first-order chi connectivity index (χ1) is 6.15. The summed E-state index contributed by atoms with van der Waals surface area (Å²) in [5, 5.41) is 0. The van der Waals surface area contributed by atoms with Crippen molar-refractivity contribution in [2.45, 2.75) is 39.2 Å². The van der Waals surface area contributed by atoms with E-state index in [0.717, 1.165) is 17.8 Å². The van der Waals surface area contributed by atoms with Gasteiger partial charge in [0.05, 0.1) is 0 Å². The van der Waals surface area contributed by atoms with Crippen LogP contribution in [-0.2, 0) is 0 Å². The van der Waals surface area contributed by atoms with Gasteiger partial charge in [-0.2, -0.15) is 0 Å². The lowest BCUT2D eigenvalue weighted by Gasteiger charge is -2.18. The fourth-order valence-corrected chi connectivity index (χ4v) is 1.62. The fraction of sp³-hybridized carbons (Fsp3) is 0.545. The van der Waals surface area contributed by atoms with E-state index in [1.54, 1.807) is 0 Å². The Labute approximate surface area is 80.2 Å². The van der Waals surface area contributed by atoms with Crippen LogP contribution in [0.15, 0.2) is 18.2 Å². The maximum atomic E-state index is 5.89. The van der Waals surface area contributed by atoms with Crippen LogP contribution < -0.4 is 5.73 Å². The lowest BCUT2D eigenvalue weighted by atomic mass is 9.94. The summed E-state index contributed by atoms with van der Waals surface area (Å²) in [6, 6.07) is 6.30. The van der Waals surface area contributed by atoms with E-state index in [9.17, 15) is 0 Å². The van der Waals surface area contributed by atoms with Crippen LogP contribution in [0.5, 0.6) is 0 Å². The number of hydrogen-bond donors (Lipinski definition) is 1. The molecule has 2 heteroatoms. The molecule has 1 rings (SSSR count). The van der Waals surface area contributed by atoms with Crippen molar-refractivity contribution in [2.75, 3.05) is 0 Å². The number of nitrogens with two attached hydrogens (primary N) is 1. The molecule has 2 nitrogen and oxygen atoms in total. The normalized spacial score (nSPS) is 15.4. The van der Waals surface area contributed by atoms with Gasteiger partial charge < -0.3 is 5.73 Å². The third kappa shape index (κ3) is 2.52.